The molecule has 94 valence electrons. The first-order chi connectivity index (χ1) is 8.61. The molecule has 2 N–H and O–H groups in total. The molecule has 5 heteroatoms. The van der Waals surface area contributed by atoms with Crippen molar-refractivity contribution < 1.29 is 4.74 Å². The molecule has 0 spiro atoms. The average molecular weight is 264 g/mol. The fourth-order valence-electron chi connectivity index (χ4n) is 1.58. The number of methoxy groups -OCH3 is 1. The third-order valence-electron chi connectivity index (χ3n) is 2.74. The van der Waals surface area contributed by atoms with E-state index in [4.69, 9.17) is 22.1 Å². The Kier molecular flexibility index (Phi) is 3.79. The zero-order valence-electron chi connectivity index (χ0n) is 10.2. The van der Waals surface area contributed by atoms with Crippen LogP contribution in [0.3, 0.4) is 0 Å². The minimum Gasteiger partial charge on any atom is -0.480 e. The van der Waals surface area contributed by atoms with E-state index in [1.165, 1.54) is 0 Å². The second kappa shape index (κ2) is 5.33. The highest BCUT2D eigenvalue weighted by Gasteiger charge is 2.12. The molecule has 0 aliphatic rings. The topological polar surface area (TPSA) is 61.0 Å². The van der Waals surface area contributed by atoms with Crippen molar-refractivity contribution in [1.29, 1.82) is 0 Å². The maximum absolute atomic E-state index is 6.12. The molecule has 0 aliphatic heterocycles. The molecule has 2 rings (SSSR count). The van der Waals surface area contributed by atoms with Crippen LogP contribution in [0.1, 0.15) is 22.9 Å². The predicted octanol–water partition coefficient (Wildman–Crippen LogP) is 2.50. The number of nitrogens with zero attached hydrogens (tertiary/aromatic N) is 2. The van der Waals surface area contributed by atoms with E-state index >= 15 is 0 Å². The zero-order chi connectivity index (χ0) is 13.1. The van der Waals surface area contributed by atoms with Gasteiger partial charge in [-0.1, -0.05) is 23.7 Å². The van der Waals surface area contributed by atoms with Gasteiger partial charge in [-0.25, -0.2) is 0 Å². The van der Waals surface area contributed by atoms with Gasteiger partial charge in [0.2, 0.25) is 5.88 Å². The van der Waals surface area contributed by atoms with E-state index < -0.39 is 0 Å². The Bertz CT molecular complexity index is 542. The van der Waals surface area contributed by atoms with Crippen molar-refractivity contribution in [3.8, 4) is 5.88 Å². The Morgan fingerprint density at radius 2 is 2.00 bits per heavy atom. The van der Waals surface area contributed by atoms with Gasteiger partial charge >= 0.3 is 0 Å². The highest BCUT2D eigenvalue weighted by atomic mass is 35.5. The molecule has 2 aromatic rings. The van der Waals surface area contributed by atoms with E-state index in [0.717, 1.165) is 11.1 Å². The minimum atomic E-state index is -0.346. The summed E-state index contributed by atoms with van der Waals surface area (Å²) in [5.74, 6) is 0.466. The largest absolute Gasteiger partial charge is 0.480 e. The van der Waals surface area contributed by atoms with Crippen LogP contribution in [0.5, 0.6) is 5.88 Å². The van der Waals surface area contributed by atoms with Crippen LogP contribution < -0.4 is 10.5 Å². The maximum atomic E-state index is 6.12. The molecule has 0 fully saturated rings. The summed E-state index contributed by atoms with van der Waals surface area (Å²) in [6.07, 6.45) is 0. The lowest BCUT2D eigenvalue weighted by molar-refractivity contribution is 0.390. The van der Waals surface area contributed by atoms with Crippen molar-refractivity contribution in [3.05, 3.63) is 52.2 Å². The summed E-state index contributed by atoms with van der Waals surface area (Å²) in [4.78, 5) is 0. The normalized spacial score (nSPS) is 12.2. The van der Waals surface area contributed by atoms with Gasteiger partial charge in [0, 0.05) is 11.1 Å². The number of hydrogen-bond acceptors (Lipinski definition) is 4. The fraction of sp³-hybridized carbons (Fsp3) is 0.231. The van der Waals surface area contributed by atoms with Gasteiger partial charge < -0.3 is 10.5 Å². The number of nitrogens with two attached hydrogens (primary N) is 1. The summed E-state index contributed by atoms with van der Waals surface area (Å²) in [7, 11) is 1.55. The van der Waals surface area contributed by atoms with Gasteiger partial charge in [0.15, 0.2) is 0 Å². The van der Waals surface area contributed by atoms with Crippen LogP contribution in [0.25, 0.3) is 0 Å². The van der Waals surface area contributed by atoms with Crippen LogP contribution >= 0.6 is 11.6 Å². The Balaban J connectivity index is 2.28. The van der Waals surface area contributed by atoms with E-state index in [9.17, 15) is 0 Å². The molecule has 0 bridgehead atoms. The van der Waals surface area contributed by atoms with Crippen molar-refractivity contribution in [2.24, 2.45) is 5.73 Å². The Labute approximate surface area is 111 Å². The third kappa shape index (κ3) is 2.60. The molecule has 0 radical (unpaired) electrons. The SMILES string of the molecule is COc1ccc(C(N)c2ccc(C)c(Cl)c2)nn1. The van der Waals surface area contributed by atoms with Crippen molar-refractivity contribution >= 4 is 11.6 Å². The fourth-order valence-corrected chi connectivity index (χ4v) is 1.77. The van der Waals surface area contributed by atoms with E-state index in [1.54, 1.807) is 19.2 Å². The van der Waals surface area contributed by atoms with Crippen molar-refractivity contribution in [1.82, 2.24) is 10.2 Å². The molecule has 0 amide bonds. The number of ether oxygens (including phenoxy) is 1. The first-order valence-corrected chi connectivity index (χ1v) is 5.89. The zero-order valence-corrected chi connectivity index (χ0v) is 11.0. The molecule has 0 aliphatic carbocycles. The molecular weight excluding hydrogens is 250 g/mol. The lowest BCUT2D eigenvalue weighted by atomic mass is 10.0. The van der Waals surface area contributed by atoms with Gasteiger partial charge in [-0.05, 0) is 30.2 Å². The van der Waals surface area contributed by atoms with Gasteiger partial charge in [-0.3, -0.25) is 0 Å². The summed E-state index contributed by atoms with van der Waals surface area (Å²) in [5.41, 5.74) is 8.73. The van der Waals surface area contributed by atoms with Crippen LogP contribution in [-0.4, -0.2) is 17.3 Å². The van der Waals surface area contributed by atoms with Crippen LogP contribution in [0.15, 0.2) is 30.3 Å². The number of benzene rings is 1. The minimum absolute atomic E-state index is 0.346. The Morgan fingerprint density at radius 3 is 2.56 bits per heavy atom. The lowest BCUT2D eigenvalue weighted by Gasteiger charge is -2.12. The predicted molar refractivity (Wildman–Crippen MR) is 70.8 cm³/mol. The van der Waals surface area contributed by atoms with Gasteiger partial charge in [0.05, 0.1) is 18.8 Å². The summed E-state index contributed by atoms with van der Waals surface area (Å²) >= 11 is 6.08. The van der Waals surface area contributed by atoms with E-state index in [0.29, 0.717) is 16.6 Å². The number of aromatic nitrogens is 2. The van der Waals surface area contributed by atoms with Crippen LogP contribution in [0, 0.1) is 6.92 Å². The molecule has 4 nitrogen and oxygen atoms in total. The van der Waals surface area contributed by atoms with Crippen molar-refractivity contribution in [2.75, 3.05) is 7.11 Å². The average Bonchev–Trinajstić information content (AvgIpc) is 2.41. The van der Waals surface area contributed by atoms with Gasteiger partial charge in [-0.15, -0.1) is 10.2 Å². The number of rotatable bonds is 3. The van der Waals surface area contributed by atoms with Crippen LogP contribution in [0.2, 0.25) is 5.02 Å². The second-order valence-corrected chi connectivity index (χ2v) is 4.39. The quantitative estimate of drug-likeness (QED) is 0.924. The third-order valence-corrected chi connectivity index (χ3v) is 3.15. The summed E-state index contributed by atoms with van der Waals surface area (Å²) in [5, 5.41) is 8.63. The highest BCUT2D eigenvalue weighted by molar-refractivity contribution is 6.31. The summed E-state index contributed by atoms with van der Waals surface area (Å²) in [6, 6.07) is 8.92. The molecule has 1 heterocycles. The van der Waals surface area contributed by atoms with E-state index in [2.05, 4.69) is 10.2 Å². The van der Waals surface area contributed by atoms with Gasteiger partial charge in [-0.2, -0.15) is 0 Å². The monoisotopic (exact) mass is 263 g/mol. The van der Waals surface area contributed by atoms with E-state index in [-0.39, 0.29) is 6.04 Å². The molecule has 1 unspecified atom stereocenters. The van der Waals surface area contributed by atoms with Crippen LogP contribution in [0.4, 0.5) is 0 Å². The van der Waals surface area contributed by atoms with Crippen molar-refractivity contribution in [3.63, 3.8) is 0 Å². The van der Waals surface area contributed by atoms with Gasteiger partial charge in [0.1, 0.15) is 0 Å². The molecule has 1 aromatic carbocycles. The van der Waals surface area contributed by atoms with Crippen molar-refractivity contribution in [2.45, 2.75) is 13.0 Å². The lowest BCUT2D eigenvalue weighted by Crippen LogP contribution is -2.14. The molecule has 0 saturated heterocycles. The first-order valence-electron chi connectivity index (χ1n) is 5.51. The number of halogens is 1. The first kappa shape index (κ1) is 12.8. The number of hydrogen-bond donors (Lipinski definition) is 1. The summed E-state index contributed by atoms with van der Waals surface area (Å²) in [6.45, 7) is 1.95. The second-order valence-electron chi connectivity index (χ2n) is 3.99. The Morgan fingerprint density at radius 1 is 1.22 bits per heavy atom. The molecule has 0 saturated carbocycles. The Hall–Kier alpha value is -1.65. The molecule has 1 atom stereocenters. The maximum Gasteiger partial charge on any atom is 0.233 e. The molecular formula is C13H14ClN3O. The van der Waals surface area contributed by atoms with Crippen LogP contribution in [-0.2, 0) is 0 Å². The standard InChI is InChI=1S/C13H14ClN3O/c1-8-3-4-9(7-10(8)14)13(15)11-5-6-12(18-2)17-16-11/h3-7,13H,15H2,1-2H3. The smallest absolute Gasteiger partial charge is 0.233 e. The highest BCUT2D eigenvalue weighted by Crippen LogP contribution is 2.23. The number of aryl methyl sites for hydroxylation is 1. The van der Waals surface area contributed by atoms with E-state index in [1.807, 2.05) is 25.1 Å². The van der Waals surface area contributed by atoms with Gasteiger partial charge in [0.25, 0.3) is 0 Å². The molecule has 1 aromatic heterocycles. The summed E-state index contributed by atoms with van der Waals surface area (Å²) < 4.78 is 4.95. The molecule has 18 heavy (non-hydrogen) atoms.